The number of carbonyl (C=O) groups excluding carboxylic acids is 1. The molecule has 9 heteroatoms. The number of thiophene rings is 1. The molecule has 0 bridgehead atoms. The fourth-order valence-corrected chi connectivity index (χ4v) is 3.58. The van der Waals surface area contributed by atoms with Crippen LogP contribution in [0.1, 0.15) is 11.8 Å². The molecule has 1 unspecified atom stereocenters. The van der Waals surface area contributed by atoms with Crippen LogP contribution in [0.3, 0.4) is 0 Å². The Morgan fingerprint density at radius 1 is 1.35 bits per heavy atom. The monoisotopic (exact) mass is 341 g/mol. The van der Waals surface area contributed by atoms with Gasteiger partial charge in [0.1, 0.15) is 4.21 Å². The second-order valence-electron chi connectivity index (χ2n) is 4.10. The smallest absolute Gasteiger partial charge is 0.249 e. The molecule has 0 aliphatic rings. The van der Waals surface area contributed by atoms with Crippen LogP contribution >= 0.6 is 23.7 Å². The molecular weight excluding hydrogens is 322 g/mol. The molecule has 1 rings (SSSR count). The maximum Gasteiger partial charge on any atom is 0.249 e. The Balaban J connectivity index is 0.00000361. The lowest BCUT2D eigenvalue weighted by molar-refractivity contribution is -0.124. The van der Waals surface area contributed by atoms with Crippen molar-refractivity contribution in [3.63, 3.8) is 0 Å². The summed E-state index contributed by atoms with van der Waals surface area (Å²) in [7, 11) is -0.234. The molecule has 3 N–H and O–H groups in total. The zero-order chi connectivity index (χ0) is 14.5. The normalized spacial score (nSPS) is 12.6. The fraction of sp³-hybridized carbons (Fsp3) is 0.545. The van der Waals surface area contributed by atoms with E-state index in [1.807, 2.05) is 6.92 Å². The molecule has 0 spiro atoms. The average molecular weight is 342 g/mol. The van der Waals surface area contributed by atoms with E-state index in [2.05, 4.69) is 15.4 Å². The quantitative estimate of drug-likeness (QED) is 0.676. The summed E-state index contributed by atoms with van der Waals surface area (Å²) in [6.07, 6.45) is 0. The number of hydrogen-bond acceptors (Lipinski definition) is 5. The second kappa shape index (κ2) is 8.58. The number of hydrogen-bond donors (Lipinski definition) is 3. The highest BCUT2D eigenvalue weighted by molar-refractivity contribution is 7.91. The summed E-state index contributed by atoms with van der Waals surface area (Å²) >= 11 is 1.15. The van der Waals surface area contributed by atoms with Crippen LogP contribution in [-0.2, 0) is 21.4 Å². The molecule has 0 aliphatic heterocycles. The number of halogens is 1. The van der Waals surface area contributed by atoms with E-state index in [0.29, 0.717) is 13.1 Å². The Kier molecular flexibility index (Phi) is 8.29. The molecule has 0 fully saturated rings. The number of sulfonamides is 1. The summed E-state index contributed by atoms with van der Waals surface area (Å²) in [5.41, 5.74) is 0. The lowest BCUT2D eigenvalue weighted by Crippen LogP contribution is -2.33. The Morgan fingerprint density at radius 3 is 2.55 bits per heavy atom. The largest absolute Gasteiger partial charge is 0.351 e. The van der Waals surface area contributed by atoms with Gasteiger partial charge in [-0.2, -0.15) is 0 Å². The Hall–Kier alpha value is -0.670. The zero-order valence-corrected chi connectivity index (χ0v) is 14.0. The third kappa shape index (κ3) is 5.37. The summed E-state index contributed by atoms with van der Waals surface area (Å²) in [6.45, 7) is 2.78. The van der Waals surface area contributed by atoms with Gasteiger partial charge in [0.05, 0.1) is 6.54 Å². The first-order chi connectivity index (χ1) is 8.90. The molecule has 1 aromatic rings. The van der Waals surface area contributed by atoms with Crippen molar-refractivity contribution in [3.8, 4) is 0 Å². The van der Waals surface area contributed by atoms with Gasteiger partial charge in [-0.25, -0.2) is 13.1 Å². The molecule has 20 heavy (non-hydrogen) atoms. The van der Waals surface area contributed by atoms with Crippen molar-refractivity contribution < 1.29 is 13.2 Å². The lowest BCUT2D eigenvalue weighted by Gasteiger charge is -2.10. The highest BCUT2D eigenvalue weighted by Gasteiger charge is 2.15. The highest BCUT2D eigenvalue weighted by Crippen LogP contribution is 2.21. The van der Waals surface area contributed by atoms with E-state index in [0.717, 1.165) is 16.2 Å². The standard InChI is InChI=1S/C11H19N3O3S2.ClH/c1-8(6-12-2)11(15)14-7-9-4-5-10(18-9)19(16,17)13-3;/h4-5,8,12-13H,6-7H2,1-3H3,(H,14,15);1H. The van der Waals surface area contributed by atoms with Crippen molar-refractivity contribution in [3.05, 3.63) is 17.0 Å². The number of nitrogens with one attached hydrogen (secondary N) is 3. The van der Waals surface area contributed by atoms with Crippen LogP contribution in [0.4, 0.5) is 0 Å². The van der Waals surface area contributed by atoms with Gasteiger partial charge in [0.15, 0.2) is 0 Å². The minimum atomic E-state index is -3.40. The van der Waals surface area contributed by atoms with Crippen molar-refractivity contribution in [2.24, 2.45) is 5.92 Å². The molecule has 0 saturated carbocycles. The first-order valence-electron chi connectivity index (χ1n) is 5.85. The first-order valence-corrected chi connectivity index (χ1v) is 8.15. The molecule has 0 aromatic carbocycles. The molecule has 1 amide bonds. The van der Waals surface area contributed by atoms with Crippen molar-refractivity contribution in [2.75, 3.05) is 20.6 Å². The Labute approximate surface area is 129 Å². The fourth-order valence-electron chi connectivity index (χ4n) is 1.45. The van der Waals surface area contributed by atoms with E-state index < -0.39 is 10.0 Å². The van der Waals surface area contributed by atoms with Gasteiger partial charge in [-0.3, -0.25) is 4.79 Å². The van der Waals surface area contributed by atoms with Crippen LogP contribution in [-0.4, -0.2) is 35.0 Å². The maximum atomic E-state index is 11.7. The van der Waals surface area contributed by atoms with Crippen molar-refractivity contribution in [2.45, 2.75) is 17.7 Å². The van der Waals surface area contributed by atoms with Crippen LogP contribution < -0.4 is 15.4 Å². The molecule has 116 valence electrons. The summed E-state index contributed by atoms with van der Waals surface area (Å²) < 4.78 is 25.6. The lowest BCUT2D eigenvalue weighted by atomic mass is 10.1. The molecule has 1 atom stereocenters. The molecule has 1 heterocycles. The number of carbonyl (C=O) groups is 1. The maximum absolute atomic E-state index is 11.7. The van der Waals surface area contributed by atoms with Gasteiger partial charge in [-0.1, -0.05) is 6.92 Å². The molecule has 1 aromatic heterocycles. The third-order valence-electron chi connectivity index (χ3n) is 2.57. The van der Waals surface area contributed by atoms with Gasteiger partial charge >= 0.3 is 0 Å². The second-order valence-corrected chi connectivity index (χ2v) is 7.39. The summed E-state index contributed by atoms with van der Waals surface area (Å²) in [6, 6.07) is 3.24. The van der Waals surface area contributed by atoms with Crippen molar-refractivity contribution in [1.29, 1.82) is 0 Å². The van der Waals surface area contributed by atoms with Crippen LogP contribution in [0.15, 0.2) is 16.3 Å². The zero-order valence-electron chi connectivity index (χ0n) is 11.6. The SMILES string of the molecule is CNCC(C)C(=O)NCc1ccc(S(=O)(=O)NC)s1.Cl. The number of amides is 1. The van der Waals surface area contributed by atoms with Gasteiger partial charge in [0, 0.05) is 17.3 Å². The first kappa shape index (κ1) is 19.3. The predicted octanol–water partition coefficient (Wildman–Crippen LogP) is 0.550. The van der Waals surface area contributed by atoms with E-state index in [9.17, 15) is 13.2 Å². The molecule has 0 aliphatic carbocycles. The average Bonchev–Trinajstić information content (AvgIpc) is 2.85. The Bertz CT molecular complexity index is 531. The Morgan fingerprint density at radius 2 is 2.00 bits per heavy atom. The topological polar surface area (TPSA) is 87.3 Å². The van der Waals surface area contributed by atoms with Gasteiger partial charge in [0.25, 0.3) is 0 Å². The highest BCUT2D eigenvalue weighted by atomic mass is 35.5. The molecular formula is C11H20ClN3O3S2. The summed E-state index contributed by atoms with van der Waals surface area (Å²) in [4.78, 5) is 12.5. The van der Waals surface area contributed by atoms with Crippen LogP contribution in [0.2, 0.25) is 0 Å². The van der Waals surface area contributed by atoms with Crippen molar-refractivity contribution in [1.82, 2.24) is 15.4 Å². The predicted molar refractivity (Wildman–Crippen MR) is 82.7 cm³/mol. The molecule has 0 saturated heterocycles. The molecule has 6 nitrogen and oxygen atoms in total. The van der Waals surface area contributed by atoms with Gasteiger partial charge < -0.3 is 10.6 Å². The minimum Gasteiger partial charge on any atom is -0.351 e. The van der Waals surface area contributed by atoms with E-state index in [4.69, 9.17) is 0 Å². The van der Waals surface area contributed by atoms with Crippen LogP contribution in [0.5, 0.6) is 0 Å². The van der Waals surface area contributed by atoms with E-state index in [-0.39, 0.29) is 28.4 Å². The van der Waals surface area contributed by atoms with Gasteiger partial charge in [-0.15, -0.1) is 23.7 Å². The van der Waals surface area contributed by atoms with E-state index >= 15 is 0 Å². The summed E-state index contributed by atoms with van der Waals surface area (Å²) in [5, 5.41) is 5.71. The van der Waals surface area contributed by atoms with Gasteiger partial charge in [0.2, 0.25) is 15.9 Å². The molecule has 0 radical (unpaired) electrons. The van der Waals surface area contributed by atoms with Crippen LogP contribution in [0.25, 0.3) is 0 Å². The number of rotatable bonds is 7. The van der Waals surface area contributed by atoms with Crippen LogP contribution in [0, 0.1) is 5.92 Å². The van der Waals surface area contributed by atoms with E-state index in [1.165, 1.54) is 13.1 Å². The van der Waals surface area contributed by atoms with Gasteiger partial charge in [-0.05, 0) is 26.2 Å². The minimum absolute atomic E-state index is 0. The third-order valence-corrected chi connectivity index (χ3v) is 5.56. The van der Waals surface area contributed by atoms with E-state index in [1.54, 1.807) is 13.1 Å². The van der Waals surface area contributed by atoms with Crippen molar-refractivity contribution >= 4 is 39.7 Å². The summed E-state index contributed by atoms with van der Waals surface area (Å²) in [5.74, 6) is -0.175.